The minimum atomic E-state index is -4.57. The molecular weight excluding hydrogens is 319 g/mol. The van der Waals surface area contributed by atoms with Gasteiger partial charge in [0, 0.05) is 5.39 Å². The second kappa shape index (κ2) is 6.75. The molecule has 0 spiro atoms. The molecule has 3 rings (SSSR count). The van der Waals surface area contributed by atoms with E-state index < -0.39 is 10.1 Å². The summed E-state index contributed by atoms with van der Waals surface area (Å²) in [6.45, 7) is 5.62. The molecule has 0 aliphatic rings. The minimum Gasteiger partial charge on any atom is -0.744 e. The zero-order valence-corrected chi connectivity index (χ0v) is 16.0. The van der Waals surface area contributed by atoms with E-state index in [1.165, 1.54) is 0 Å². The van der Waals surface area contributed by atoms with Crippen LogP contribution in [0.15, 0.2) is 65.6 Å². The van der Waals surface area contributed by atoms with Crippen LogP contribution in [0.3, 0.4) is 0 Å². The number of rotatable bonds is 3. The van der Waals surface area contributed by atoms with Gasteiger partial charge in [0.05, 0.1) is 4.90 Å². The number of allylic oxidation sites excluding steroid dienone is 1. The van der Waals surface area contributed by atoms with Crippen LogP contribution < -0.4 is 29.6 Å². The molecule has 0 unspecified atom stereocenters. The van der Waals surface area contributed by atoms with Crippen molar-refractivity contribution in [2.75, 3.05) is 0 Å². The predicted octanol–water partition coefficient (Wildman–Crippen LogP) is 1.02. The molecule has 0 N–H and O–H groups in total. The van der Waals surface area contributed by atoms with Gasteiger partial charge in [0.25, 0.3) is 0 Å². The molecule has 0 bridgehead atoms. The van der Waals surface area contributed by atoms with Gasteiger partial charge in [-0.15, -0.1) is 0 Å². The average Bonchev–Trinajstić information content (AvgIpc) is 2.44. The van der Waals surface area contributed by atoms with Gasteiger partial charge in [-0.2, -0.15) is 0 Å². The van der Waals surface area contributed by atoms with Gasteiger partial charge in [-0.25, -0.2) is 8.42 Å². The molecule has 0 fully saturated rings. The van der Waals surface area contributed by atoms with Crippen LogP contribution in [0.25, 0.3) is 21.5 Å². The van der Waals surface area contributed by atoms with Crippen molar-refractivity contribution in [1.82, 2.24) is 0 Å². The summed E-state index contributed by atoms with van der Waals surface area (Å²) in [5.41, 5.74) is 1.32. The van der Waals surface area contributed by atoms with Gasteiger partial charge >= 0.3 is 29.6 Å². The largest absolute Gasteiger partial charge is 1.00 e. The van der Waals surface area contributed by atoms with Crippen LogP contribution in [0, 0.1) is 0 Å². The molecule has 23 heavy (non-hydrogen) atoms. The van der Waals surface area contributed by atoms with Gasteiger partial charge in [0.2, 0.25) is 0 Å². The first kappa shape index (κ1) is 18.2. The summed E-state index contributed by atoms with van der Waals surface area (Å²) in [5.74, 6) is 0. The average molecular weight is 334 g/mol. The van der Waals surface area contributed by atoms with Gasteiger partial charge in [-0.05, 0) is 35.1 Å². The zero-order chi connectivity index (χ0) is 15.9. The second-order valence-electron chi connectivity index (χ2n) is 5.52. The number of hydrogen-bond acceptors (Lipinski definition) is 3. The zero-order valence-electron chi connectivity index (χ0n) is 13.2. The van der Waals surface area contributed by atoms with Crippen LogP contribution >= 0.6 is 0 Å². The van der Waals surface area contributed by atoms with Crippen LogP contribution in [-0.4, -0.2) is 13.0 Å². The van der Waals surface area contributed by atoms with Crippen molar-refractivity contribution < 1.29 is 42.5 Å². The van der Waals surface area contributed by atoms with Crippen LogP contribution in [0.2, 0.25) is 0 Å². The van der Waals surface area contributed by atoms with Gasteiger partial charge in [0.1, 0.15) is 10.1 Å². The molecule has 0 aliphatic heterocycles. The van der Waals surface area contributed by atoms with E-state index in [1.807, 2.05) is 43.3 Å². The fourth-order valence-electron chi connectivity index (χ4n) is 2.87. The molecule has 3 nitrogen and oxygen atoms in total. The summed E-state index contributed by atoms with van der Waals surface area (Å²) < 4.78 is 35.4. The Morgan fingerprint density at radius 3 is 2.30 bits per heavy atom. The Bertz CT molecular complexity index is 1010. The third-order valence-electron chi connectivity index (χ3n) is 3.70. The second-order valence-corrected chi connectivity index (χ2v) is 6.84. The molecule has 0 saturated carbocycles. The SMILES string of the molecule is C=C(C)Cc1ccc2c(ccc3ccccc32)c1S(=O)(=O)[O-].[Na+]. The third kappa shape index (κ3) is 3.52. The van der Waals surface area contributed by atoms with Crippen LogP contribution in [0.5, 0.6) is 0 Å². The van der Waals surface area contributed by atoms with Gasteiger partial charge in [0.15, 0.2) is 0 Å². The van der Waals surface area contributed by atoms with E-state index >= 15 is 0 Å². The Morgan fingerprint density at radius 1 is 1.00 bits per heavy atom. The summed E-state index contributed by atoms with van der Waals surface area (Å²) in [4.78, 5) is -0.126. The van der Waals surface area contributed by atoms with Crippen molar-refractivity contribution in [2.45, 2.75) is 18.2 Å². The van der Waals surface area contributed by atoms with Crippen molar-refractivity contribution in [1.29, 1.82) is 0 Å². The molecule has 0 saturated heterocycles. The van der Waals surface area contributed by atoms with Crippen molar-refractivity contribution in [2.24, 2.45) is 0 Å². The quantitative estimate of drug-likeness (QED) is 0.311. The molecule has 0 heterocycles. The van der Waals surface area contributed by atoms with Crippen molar-refractivity contribution in [3.63, 3.8) is 0 Å². The molecule has 0 aromatic heterocycles. The molecule has 0 radical (unpaired) electrons. The molecule has 5 heteroatoms. The Balaban J connectivity index is 0.00000192. The molecule has 0 aliphatic carbocycles. The van der Waals surface area contributed by atoms with Crippen LogP contribution in [-0.2, 0) is 16.5 Å². The van der Waals surface area contributed by atoms with Crippen LogP contribution in [0.1, 0.15) is 12.5 Å². The van der Waals surface area contributed by atoms with E-state index in [0.717, 1.165) is 21.7 Å². The normalized spacial score (nSPS) is 11.4. The maximum Gasteiger partial charge on any atom is 1.00 e. The maximum absolute atomic E-state index is 11.8. The molecular formula is C18H15NaO3S. The monoisotopic (exact) mass is 334 g/mol. The first-order valence-corrected chi connectivity index (χ1v) is 8.32. The predicted molar refractivity (Wildman–Crippen MR) is 87.9 cm³/mol. The summed E-state index contributed by atoms with van der Waals surface area (Å²) in [6, 6.07) is 14.9. The summed E-state index contributed by atoms with van der Waals surface area (Å²) in [6.07, 6.45) is 0.375. The first-order chi connectivity index (χ1) is 10.4. The summed E-state index contributed by atoms with van der Waals surface area (Å²) in [5, 5.41) is 3.20. The van der Waals surface area contributed by atoms with Crippen molar-refractivity contribution in [3.8, 4) is 0 Å². The van der Waals surface area contributed by atoms with E-state index in [-0.39, 0.29) is 34.5 Å². The Morgan fingerprint density at radius 2 is 1.65 bits per heavy atom. The molecule has 112 valence electrons. The Hall–Kier alpha value is -1.17. The number of fused-ring (bicyclic) bond motifs is 3. The maximum atomic E-state index is 11.8. The Kier molecular flexibility index (Phi) is 5.33. The van der Waals surface area contributed by atoms with Crippen molar-refractivity contribution in [3.05, 3.63) is 66.2 Å². The smallest absolute Gasteiger partial charge is 0.744 e. The van der Waals surface area contributed by atoms with E-state index in [0.29, 0.717) is 17.4 Å². The topological polar surface area (TPSA) is 57.2 Å². The standard InChI is InChI=1S/C18H16O3S.Na/c1-12(2)11-14-8-9-16-15-6-4-3-5-13(15)7-10-17(16)18(14)22(19,20)21;/h3-10H,1,11H2,2H3,(H,19,20,21);/q;+1/p-1. The minimum absolute atomic E-state index is 0. The fraction of sp³-hybridized carbons (Fsp3) is 0.111. The fourth-order valence-corrected chi connectivity index (χ4v) is 3.77. The Labute approximate surface area is 158 Å². The number of benzene rings is 3. The molecule has 3 aromatic carbocycles. The summed E-state index contributed by atoms with van der Waals surface area (Å²) in [7, 11) is -4.57. The number of hydrogen-bond donors (Lipinski definition) is 0. The third-order valence-corrected chi connectivity index (χ3v) is 4.68. The van der Waals surface area contributed by atoms with E-state index in [4.69, 9.17) is 0 Å². The summed E-state index contributed by atoms with van der Waals surface area (Å²) >= 11 is 0. The van der Waals surface area contributed by atoms with Gasteiger partial charge in [-0.3, -0.25) is 0 Å². The molecule has 0 amide bonds. The van der Waals surface area contributed by atoms with E-state index in [9.17, 15) is 13.0 Å². The van der Waals surface area contributed by atoms with Crippen LogP contribution in [0.4, 0.5) is 0 Å². The van der Waals surface area contributed by atoms with E-state index in [2.05, 4.69) is 6.58 Å². The van der Waals surface area contributed by atoms with Crippen molar-refractivity contribution >= 4 is 31.7 Å². The molecule has 0 atom stereocenters. The van der Waals surface area contributed by atoms with Gasteiger partial charge in [-0.1, -0.05) is 60.7 Å². The molecule has 3 aromatic rings. The van der Waals surface area contributed by atoms with E-state index in [1.54, 1.807) is 12.1 Å². The first-order valence-electron chi connectivity index (χ1n) is 6.91. The van der Waals surface area contributed by atoms with Gasteiger partial charge < -0.3 is 4.55 Å².